The molecule has 0 saturated heterocycles. The first-order valence-corrected chi connectivity index (χ1v) is 5.73. The van der Waals surface area contributed by atoms with Gasteiger partial charge in [0.15, 0.2) is 0 Å². The molecular weight excluding hydrogens is 222 g/mol. The molecule has 1 rings (SSSR count). The molecule has 3 heteroatoms. The van der Waals surface area contributed by atoms with Gasteiger partial charge in [-0.05, 0) is 17.9 Å². The standard InChI is InChI=1S/C13H16ClNO/c1-4-5-13(2,3)10-6-9(8-15)11(14)7-12(10)16/h6-7,16H,4-5H2,1-3H3. The van der Waals surface area contributed by atoms with Crippen LogP contribution in [0.15, 0.2) is 12.1 Å². The highest BCUT2D eigenvalue weighted by atomic mass is 35.5. The summed E-state index contributed by atoms with van der Waals surface area (Å²) in [7, 11) is 0. The summed E-state index contributed by atoms with van der Waals surface area (Å²) in [5, 5.41) is 19.1. The summed E-state index contributed by atoms with van der Waals surface area (Å²) in [5.41, 5.74) is 1.06. The Morgan fingerprint density at radius 3 is 2.56 bits per heavy atom. The maximum Gasteiger partial charge on any atom is 0.120 e. The van der Waals surface area contributed by atoms with E-state index in [0.29, 0.717) is 10.6 Å². The Morgan fingerprint density at radius 2 is 2.06 bits per heavy atom. The van der Waals surface area contributed by atoms with E-state index >= 15 is 0 Å². The van der Waals surface area contributed by atoms with E-state index in [9.17, 15) is 5.11 Å². The Hall–Kier alpha value is -1.20. The molecule has 0 bridgehead atoms. The smallest absolute Gasteiger partial charge is 0.120 e. The summed E-state index contributed by atoms with van der Waals surface area (Å²) in [6.45, 7) is 6.21. The van der Waals surface area contributed by atoms with Gasteiger partial charge in [0.25, 0.3) is 0 Å². The summed E-state index contributed by atoms with van der Waals surface area (Å²) in [4.78, 5) is 0. The summed E-state index contributed by atoms with van der Waals surface area (Å²) >= 11 is 5.85. The average molecular weight is 238 g/mol. The van der Waals surface area contributed by atoms with Crippen molar-refractivity contribution < 1.29 is 5.11 Å². The van der Waals surface area contributed by atoms with Gasteiger partial charge in [-0.15, -0.1) is 0 Å². The van der Waals surface area contributed by atoms with Gasteiger partial charge in [0.05, 0.1) is 10.6 Å². The van der Waals surface area contributed by atoms with Crippen molar-refractivity contribution in [1.82, 2.24) is 0 Å². The van der Waals surface area contributed by atoms with Crippen molar-refractivity contribution in [3.05, 3.63) is 28.3 Å². The van der Waals surface area contributed by atoms with Crippen molar-refractivity contribution in [2.75, 3.05) is 0 Å². The minimum atomic E-state index is -0.144. The molecule has 0 aliphatic carbocycles. The van der Waals surface area contributed by atoms with E-state index < -0.39 is 0 Å². The van der Waals surface area contributed by atoms with E-state index in [1.54, 1.807) is 6.07 Å². The maximum absolute atomic E-state index is 9.88. The molecule has 0 heterocycles. The fourth-order valence-corrected chi connectivity index (χ4v) is 2.15. The van der Waals surface area contributed by atoms with Crippen molar-refractivity contribution in [3.8, 4) is 11.8 Å². The van der Waals surface area contributed by atoms with Crippen LogP contribution in [-0.2, 0) is 5.41 Å². The summed E-state index contributed by atoms with van der Waals surface area (Å²) in [6.07, 6.45) is 1.98. The number of phenolic OH excluding ortho intramolecular Hbond substituents is 1. The normalized spacial score (nSPS) is 11.2. The molecule has 0 amide bonds. The van der Waals surface area contributed by atoms with E-state index in [1.807, 2.05) is 6.07 Å². The van der Waals surface area contributed by atoms with Crippen LogP contribution in [0, 0.1) is 11.3 Å². The number of hydrogen-bond donors (Lipinski definition) is 1. The highest BCUT2D eigenvalue weighted by Crippen LogP contribution is 2.37. The van der Waals surface area contributed by atoms with E-state index in [-0.39, 0.29) is 11.2 Å². The lowest BCUT2D eigenvalue weighted by Gasteiger charge is -2.26. The molecule has 1 aromatic rings. The van der Waals surface area contributed by atoms with Crippen molar-refractivity contribution in [1.29, 1.82) is 5.26 Å². The second-order valence-electron chi connectivity index (χ2n) is 4.59. The molecule has 0 atom stereocenters. The van der Waals surface area contributed by atoms with Gasteiger partial charge in [0.2, 0.25) is 0 Å². The molecule has 86 valence electrons. The minimum absolute atomic E-state index is 0.144. The third-order valence-electron chi connectivity index (χ3n) is 2.81. The van der Waals surface area contributed by atoms with Crippen molar-refractivity contribution in [3.63, 3.8) is 0 Å². The van der Waals surface area contributed by atoms with E-state index in [0.717, 1.165) is 18.4 Å². The molecule has 0 aromatic heterocycles. The molecule has 2 nitrogen and oxygen atoms in total. The number of phenols is 1. The topological polar surface area (TPSA) is 44.0 Å². The summed E-state index contributed by atoms with van der Waals surface area (Å²) in [6, 6.07) is 5.17. The van der Waals surface area contributed by atoms with E-state index in [2.05, 4.69) is 20.8 Å². The zero-order chi connectivity index (χ0) is 12.3. The first kappa shape index (κ1) is 12.9. The zero-order valence-electron chi connectivity index (χ0n) is 9.84. The zero-order valence-corrected chi connectivity index (χ0v) is 10.6. The van der Waals surface area contributed by atoms with Gasteiger partial charge < -0.3 is 5.11 Å². The SMILES string of the molecule is CCCC(C)(C)c1cc(C#N)c(Cl)cc1O. The van der Waals surface area contributed by atoms with Crippen LogP contribution >= 0.6 is 11.6 Å². The number of benzene rings is 1. The lowest BCUT2D eigenvalue weighted by atomic mass is 9.79. The van der Waals surface area contributed by atoms with Gasteiger partial charge in [-0.3, -0.25) is 0 Å². The van der Waals surface area contributed by atoms with Gasteiger partial charge in [-0.1, -0.05) is 38.8 Å². The average Bonchev–Trinajstić information content (AvgIpc) is 2.17. The van der Waals surface area contributed by atoms with Crippen molar-refractivity contribution >= 4 is 11.6 Å². The van der Waals surface area contributed by atoms with Crippen molar-refractivity contribution in [2.24, 2.45) is 0 Å². The van der Waals surface area contributed by atoms with E-state index in [1.165, 1.54) is 6.07 Å². The predicted molar refractivity (Wildman–Crippen MR) is 65.8 cm³/mol. The van der Waals surface area contributed by atoms with Crippen molar-refractivity contribution in [2.45, 2.75) is 39.0 Å². The fraction of sp³-hybridized carbons (Fsp3) is 0.462. The Labute approximate surface area is 101 Å². The van der Waals surface area contributed by atoms with Crippen LogP contribution in [-0.4, -0.2) is 5.11 Å². The molecule has 0 radical (unpaired) electrons. The van der Waals surface area contributed by atoms with Gasteiger partial charge in [0, 0.05) is 11.6 Å². The van der Waals surface area contributed by atoms with Crippen LogP contribution in [0.4, 0.5) is 0 Å². The first-order chi connectivity index (χ1) is 7.42. The molecule has 0 fully saturated rings. The highest BCUT2D eigenvalue weighted by molar-refractivity contribution is 6.31. The first-order valence-electron chi connectivity index (χ1n) is 5.35. The number of aromatic hydroxyl groups is 1. The number of halogens is 1. The monoisotopic (exact) mass is 237 g/mol. The Kier molecular flexibility index (Phi) is 3.83. The molecule has 0 unspecified atom stereocenters. The molecule has 1 aromatic carbocycles. The van der Waals surface area contributed by atoms with Crippen LogP contribution in [0.25, 0.3) is 0 Å². The third-order valence-corrected chi connectivity index (χ3v) is 3.12. The Balaban J connectivity index is 3.29. The third kappa shape index (κ3) is 2.48. The van der Waals surface area contributed by atoms with Crippen LogP contribution in [0.3, 0.4) is 0 Å². The summed E-state index contributed by atoms with van der Waals surface area (Å²) < 4.78 is 0. The fourth-order valence-electron chi connectivity index (χ4n) is 1.95. The van der Waals surface area contributed by atoms with Crippen LogP contribution in [0.2, 0.25) is 5.02 Å². The van der Waals surface area contributed by atoms with E-state index in [4.69, 9.17) is 16.9 Å². The highest BCUT2D eigenvalue weighted by Gasteiger charge is 2.24. The largest absolute Gasteiger partial charge is 0.508 e. The Bertz CT molecular complexity index is 432. The Morgan fingerprint density at radius 1 is 1.44 bits per heavy atom. The molecular formula is C13H16ClNO. The van der Waals surface area contributed by atoms with Gasteiger partial charge >= 0.3 is 0 Å². The van der Waals surface area contributed by atoms with Crippen LogP contribution in [0.5, 0.6) is 5.75 Å². The van der Waals surface area contributed by atoms with Crippen LogP contribution in [0.1, 0.15) is 44.7 Å². The molecule has 1 N–H and O–H groups in total. The molecule has 16 heavy (non-hydrogen) atoms. The second kappa shape index (κ2) is 4.76. The lowest BCUT2D eigenvalue weighted by Crippen LogP contribution is -2.17. The molecule has 0 aliphatic heterocycles. The lowest BCUT2D eigenvalue weighted by molar-refractivity contribution is 0.417. The summed E-state index contributed by atoms with van der Waals surface area (Å²) in [5.74, 6) is 0.169. The molecule has 0 spiro atoms. The second-order valence-corrected chi connectivity index (χ2v) is 5.00. The molecule has 0 saturated carbocycles. The number of nitriles is 1. The van der Waals surface area contributed by atoms with Gasteiger partial charge in [0.1, 0.15) is 11.8 Å². The predicted octanol–water partition coefficient (Wildman–Crippen LogP) is 3.99. The number of rotatable bonds is 3. The quantitative estimate of drug-likeness (QED) is 0.864. The maximum atomic E-state index is 9.88. The number of hydrogen-bond acceptors (Lipinski definition) is 2. The number of nitrogens with zero attached hydrogens (tertiary/aromatic N) is 1. The van der Waals surface area contributed by atoms with Gasteiger partial charge in [-0.25, -0.2) is 0 Å². The van der Waals surface area contributed by atoms with Crippen LogP contribution < -0.4 is 0 Å². The van der Waals surface area contributed by atoms with Gasteiger partial charge in [-0.2, -0.15) is 5.26 Å². The molecule has 0 aliphatic rings. The minimum Gasteiger partial charge on any atom is -0.508 e.